The van der Waals surface area contributed by atoms with E-state index < -0.39 is 0 Å². The van der Waals surface area contributed by atoms with Crippen LogP contribution in [-0.4, -0.2) is 11.5 Å². The van der Waals surface area contributed by atoms with Gasteiger partial charge in [0, 0.05) is 18.5 Å². The number of hydrogen-bond donors (Lipinski definition) is 1. The summed E-state index contributed by atoms with van der Waals surface area (Å²) >= 11 is 1.68. The Kier molecular flexibility index (Phi) is 3.76. The second kappa shape index (κ2) is 5.08. The van der Waals surface area contributed by atoms with Gasteiger partial charge in [0.25, 0.3) is 0 Å². The van der Waals surface area contributed by atoms with Crippen molar-refractivity contribution < 1.29 is 0 Å². The molecular formula is C12H20N2S. The lowest BCUT2D eigenvalue weighted by Crippen LogP contribution is -2.31. The van der Waals surface area contributed by atoms with Gasteiger partial charge in [-0.05, 0) is 24.7 Å². The van der Waals surface area contributed by atoms with E-state index in [4.69, 9.17) is 0 Å². The number of hydrogen-bond acceptors (Lipinski definition) is 3. The third-order valence-electron chi connectivity index (χ3n) is 3.70. The monoisotopic (exact) mass is 224 g/mol. The second-order valence-corrected chi connectivity index (χ2v) is 5.36. The molecule has 1 fully saturated rings. The average Bonchev–Trinajstić information content (AvgIpc) is 2.89. The molecule has 1 aliphatic rings. The van der Waals surface area contributed by atoms with E-state index in [2.05, 4.69) is 22.6 Å². The smallest absolute Gasteiger partial charge is 0.0795 e. The predicted molar refractivity (Wildman–Crippen MR) is 65.0 cm³/mol. The maximum absolute atomic E-state index is 4.28. The molecule has 1 N–H and O–H groups in total. The fourth-order valence-electron chi connectivity index (χ4n) is 2.56. The van der Waals surface area contributed by atoms with E-state index in [1.54, 1.807) is 11.3 Å². The van der Waals surface area contributed by atoms with E-state index in [1.165, 1.54) is 44.3 Å². The Morgan fingerprint density at radius 2 is 2.27 bits per heavy atom. The Morgan fingerprint density at radius 1 is 1.47 bits per heavy atom. The van der Waals surface area contributed by atoms with Gasteiger partial charge in [0.05, 0.1) is 11.2 Å². The zero-order valence-electron chi connectivity index (χ0n) is 9.46. The van der Waals surface area contributed by atoms with Gasteiger partial charge in [0.1, 0.15) is 0 Å². The normalized spacial score (nSPS) is 19.5. The average molecular weight is 224 g/mol. The molecule has 0 amide bonds. The highest BCUT2D eigenvalue weighted by molar-refractivity contribution is 7.07. The first kappa shape index (κ1) is 11.1. The Hall–Kier alpha value is -0.410. The minimum Gasteiger partial charge on any atom is -0.311 e. The van der Waals surface area contributed by atoms with Crippen molar-refractivity contribution in [1.82, 2.24) is 10.3 Å². The van der Waals surface area contributed by atoms with Crippen molar-refractivity contribution in [2.75, 3.05) is 6.54 Å². The van der Waals surface area contributed by atoms with Gasteiger partial charge in [-0.3, -0.25) is 0 Å². The first-order valence-electron chi connectivity index (χ1n) is 5.92. The molecule has 0 aliphatic heterocycles. The lowest BCUT2D eigenvalue weighted by Gasteiger charge is -2.27. The third kappa shape index (κ3) is 2.79. The zero-order chi connectivity index (χ0) is 10.6. The van der Waals surface area contributed by atoms with Crippen molar-refractivity contribution in [3.8, 4) is 0 Å². The molecule has 0 radical (unpaired) electrons. The van der Waals surface area contributed by atoms with Crippen LogP contribution in [0.5, 0.6) is 0 Å². The number of aromatic nitrogens is 1. The SMILES string of the molecule is CCC1(CNCc2cscn2)CCCC1. The molecule has 0 unspecified atom stereocenters. The van der Waals surface area contributed by atoms with Crippen molar-refractivity contribution in [2.24, 2.45) is 5.41 Å². The summed E-state index contributed by atoms with van der Waals surface area (Å²) in [5.74, 6) is 0. The molecule has 0 bridgehead atoms. The van der Waals surface area contributed by atoms with Gasteiger partial charge in [-0.15, -0.1) is 11.3 Å². The number of nitrogens with one attached hydrogen (secondary N) is 1. The molecule has 0 atom stereocenters. The summed E-state index contributed by atoms with van der Waals surface area (Å²) < 4.78 is 0. The molecule has 15 heavy (non-hydrogen) atoms. The molecule has 2 rings (SSSR count). The summed E-state index contributed by atoms with van der Waals surface area (Å²) in [6, 6.07) is 0. The molecule has 1 saturated carbocycles. The largest absolute Gasteiger partial charge is 0.311 e. The van der Waals surface area contributed by atoms with Gasteiger partial charge in [-0.2, -0.15) is 0 Å². The van der Waals surface area contributed by atoms with E-state index in [9.17, 15) is 0 Å². The van der Waals surface area contributed by atoms with E-state index in [0.717, 1.165) is 6.54 Å². The molecule has 0 spiro atoms. The number of thiazole rings is 1. The molecule has 2 nitrogen and oxygen atoms in total. The Morgan fingerprint density at radius 3 is 2.87 bits per heavy atom. The van der Waals surface area contributed by atoms with Crippen LogP contribution in [0, 0.1) is 5.41 Å². The molecule has 1 aliphatic carbocycles. The molecule has 0 saturated heterocycles. The summed E-state index contributed by atoms with van der Waals surface area (Å²) in [6.45, 7) is 4.43. The van der Waals surface area contributed by atoms with Crippen LogP contribution in [0.3, 0.4) is 0 Å². The van der Waals surface area contributed by atoms with Crippen molar-refractivity contribution in [1.29, 1.82) is 0 Å². The minimum absolute atomic E-state index is 0.593. The summed E-state index contributed by atoms with van der Waals surface area (Å²) in [5.41, 5.74) is 3.68. The summed E-state index contributed by atoms with van der Waals surface area (Å²) in [4.78, 5) is 4.28. The maximum atomic E-state index is 4.28. The molecule has 3 heteroatoms. The fraction of sp³-hybridized carbons (Fsp3) is 0.750. The van der Waals surface area contributed by atoms with Gasteiger partial charge in [-0.1, -0.05) is 19.8 Å². The van der Waals surface area contributed by atoms with Crippen LogP contribution in [-0.2, 0) is 6.54 Å². The van der Waals surface area contributed by atoms with E-state index in [1.807, 2.05) is 5.51 Å². The summed E-state index contributed by atoms with van der Waals surface area (Å²) in [6.07, 6.45) is 6.98. The van der Waals surface area contributed by atoms with Gasteiger partial charge in [0.15, 0.2) is 0 Å². The highest BCUT2D eigenvalue weighted by Gasteiger charge is 2.31. The van der Waals surface area contributed by atoms with Crippen LogP contribution in [0.4, 0.5) is 0 Å². The molecular weight excluding hydrogens is 204 g/mol. The van der Waals surface area contributed by atoms with Crippen LogP contribution in [0.15, 0.2) is 10.9 Å². The van der Waals surface area contributed by atoms with Gasteiger partial charge < -0.3 is 5.32 Å². The minimum atomic E-state index is 0.593. The Balaban J connectivity index is 1.77. The van der Waals surface area contributed by atoms with E-state index in [-0.39, 0.29) is 0 Å². The number of rotatable bonds is 5. The van der Waals surface area contributed by atoms with Crippen LogP contribution < -0.4 is 5.32 Å². The molecule has 1 aromatic heterocycles. The quantitative estimate of drug-likeness (QED) is 0.830. The first-order chi connectivity index (χ1) is 7.35. The number of nitrogens with zero attached hydrogens (tertiary/aromatic N) is 1. The highest BCUT2D eigenvalue weighted by atomic mass is 32.1. The van der Waals surface area contributed by atoms with Crippen LogP contribution >= 0.6 is 11.3 Å². The summed E-state index contributed by atoms with van der Waals surface area (Å²) in [7, 11) is 0. The third-order valence-corrected chi connectivity index (χ3v) is 4.34. The Bertz CT molecular complexity index is 276. The maximum Gasteiger partial charge on any atom is 0.0795 e. The first-order valence-corrected chi connectivity index (χ1v) is 6.87. The lowest BCUT2D eigenvalue weighted by atomic mass is 9.83. The van der Waals surface area contributed by atoms with Crippen LogP contribution in [0.25, 0.3) is 0 Å². The van der Waals surface area contributed by atoms with E-state index in [0.29, 0.717) is 5.41 Å². The fourth-order valence-corrected chi connectivity index (χ4v) is 3.12. The van der Waals surface area contributed by atoms with Crippen LogP contribution in [0.2, 0.25) is 0 Å². The predicted octanol–water partition coefficient (Wildman–Crippen LogP) is 3.20. The molecule has 1 aromatic rings. The highest BCUT2D eigenvalue weighted by Crippen LogP contribution is 2.40. The van der Waals surface area contributed by atoms with Crippen molar-refractivity contribution in [2.45, 2.75) is 45.6 Å². The second-order valence-electron chi connectivity index (χ2n) is 4.64. The zero-order valence-corrected chi connectivity index (χ0v) is 10.3. The van der Waals surface area contributed by atoms with Crippen LogP contribution in [0.1, 0.15) is 44.7 Å². The van der Waals surface area contributed by atoms with Gasteiger partial charge in [0.2, 0.25) is 0 Å². The summed E-state index contributed by atoms with van der Waals surface area (Å²) in [5, 5.41) is 5.69. The molecule has 1 heterocycles. The van der Waals surface area contributed by atoms with Gasteiger partial charge in [-0.25, -0.2) is 4.98 Å². The van der Waals surface area contributed by atoms with Gasteiger partial charge >= 0.3 is 0 Å². The molecule has 84 valence electrons. The lowest BCUT2D eigenvalue weighted by molar-refractivity contribution is 0.268. The van der Waals surface area contributed by atoms with E-state index >= 15 is 0 Å². The standard InChI is InChI=1S/C12H20N2S/c1-2-12(5-3-4-6-12)9-13-7-11-8-15-10-14-11/h8,10,13H,2-7,9H2,1H3. The van der Waals surface area contributed by atoms with Crippen molar-refractivity contribution in [3.05, 3.63) is 16.6 Å². The topological polar surface area (TPSA) is 24.9 Å². The molecule has 0 aromatic carbocycles. The van der Waals surface area contributed by atoms with Crippen molar-refractivity contribution in [3.63, 3.8) is 0 Å². The van der Waals surface area contributed by atoms with Crippen molar-refractivity contribution >= 4 is 11.3 Å². The Labute approximate surface area is 96.1 Å².